The SMILES string of the molecule is O=c1[nH]ccc2c3nc(NCC4CCC(O)CC4)[nH]c3c3ccc(F)cc3c12. The average Bonchev–Trinajstić information content (AvgIpc) is 3.12. The second kappa shape index (κ2) is 6.60. The van der Waals surface area contributed by atoms with Crippen LogP contribution in [-0.4, -0.2) is 32.7 Å². The lowest BCUT2D eigenvalue weighted by molar-refractivity contribution is 0.111. The second-order valence-corrected chi connectivity index (χ2v) is 7.65. The lowest BCUT2D eigenvalue weighted by atomic mass is 9.87. The van der Waals surface area contributed by atoms with Gasteiger partial charge >= 0.3 is 0 Å². The zero-order valence-electron chi connectivity index (χ0n) is 15.3. The Hall–Kier alpha value is -2.93. The van der Waals surface area contributed by atoms with Crippen molar-refractivity contribution in [3.8, 4) is 0 Å². The normalized spacial score (nSPS) is 20.2. The van der Waals surface area contributed by atoms with Gasteiger partial charge in [0, 0.05) is 28.9 Å². The number of aliphatic hydroxyl groups excluding tert-OH is 1. The van der Waals surface area contributed by atoms with E-state index in [2.05, 4.69) is 15.3 Å². The average molecular weight is 380 g/mol. The monoisotopic (exact) mass is 380 g/mol. The summed E-state index contributed by atoms with van der Waals surface area (Å²) in [6, 6.07) is 6.28. The minimum atomic E-state index is -0.381. The standard InChI is InChI=1S/C21H21FN4O2/c22-12-3-6-14-16(9-12)17-15(7-8-23-20(17)28)19-18(14)25-21(26-19)24-10-11-1-4-13(27)5-2-11/h3,6-9,11,13,27H,1-2,4-5,10H2,(H,23,28)(H2,24,25,26). The molecule has 2 aromatic carbocycles. The fourth-order valence-electron chi connectivity index (χ4n) is 4.32. The number of nitrogens with zero attached hydrogens (tertiary/aromatic N) is 1. The maximum atomic E-state index is 13.9. The fraction of sp³-hybridized carbons (Fsp3) is 0.333. The Bertz CT molecular complexity index is 1240. The number of aromatic amines is 2. The summed E-state index contributed by atoms with van der Waals surface area (Å²) in [6.07, 6.45) is 5.10. The molecule has 0 bridgehead atoms. The van der Waals surface area contributed by atoms with Crippen molar-refractivity contribution in [3.63, 3.8) is 0 Å². The van der Waals surface area contributed by atoms with Crippen LogP contribution in [0, 0.1) is 11.7 Å². The van der Waals surface area contributed by atoms with Crippen molar-refractivity contribution < 1.29 is 9.50 Å². The van der Waals surface area contributed by atoms with Crippen LogP contribution in [0.5, 0.6) is 0 Å². The molecule has 2 aromatic heterocycles. The maximum Gasteiger partial charge on any atom is 0.256 e. The summed E-state index contributed by atoms with van der Waals surface area (Å²) < 4.78 is 13.9. The smallest absolute Gasteiger partial charge is 0.256 e. The number of hydrogen-bond acceptors (Lipinski definition) is 4. The number of rotatable bonds is 3. The van der Waals surface area contributed by atoms with Gasteiger partial charge in [0.1, 0.15) is 5.82 Å². The molecular weight excluding hydrogens is 359 g/mol. The van der Waals surface area contributed by atoms with Gasteiger partial charge in [-0.3, -0.25) is 4.79 Å². The zero-order chi connectivity index (χ0) is 19.3. The third kappa shape index (κ3) is 2.82. The number of imidazole rings is 1. The van der Waals surface area contributed by atoms with E-state index < -0.39 is 0 Å². The molecule has 1 aliphatic carbocycles. The van der Waals surface area contributed by atoms with Crippen LogP contribution in [0.15, 0.2) is 35.3 Å². The Morgan fingerprint density at radius 3 is 2.79 bits per heavy atom. The highest BCUT2D eigenvalue weighted by Gasteiger charge is 2.20. The van der Waals surface area contributed by atoms with E-state index in [1.54, 1.807) is 18.3 Å². The van der Waals surface area contributed by atoms with Crippen molar-refractivity contribution in [2.24, 2.45) is 5.92 Å². The molecule has 2 heterocycles. The summed E-state index contributed by atoms with van der Waals surface area (Å²) in [5, 5.41) is 15.5. The van der Waals surface area contributed by atoms with Crippen LogP contribution >= 0.6 is 0 Å². The van der Waals surface area contributed by atoms with Crippen LogP contribution in [0.4, 0.5) is 10.3 Å². The van der Waals surface area contributed by atoms with Crippen molar-refractivity contribution >= 4 is 38.5 Å². The number of benzene rings is 2. The molecule has 4 N–H and O–H groups in total. The lowest BCUT2D eigenvalue weighted by Crippen LogP contribution is -2.23. The number of aliphatic hydroxyl groups is 1. The Kier molecular flexibility index (Phi) is 4.05. The minimum Gasteiger partial charge on any atom is -0.393 e. The van der Waals surface area contributed by atoms with Crippen LogP contribution in [0.2, 0.25) is 0 Å². The number of hydrogen-bond donors (Lipinski definition) is 4. The fourth-order valence-corrected chi connectivity index (χ4v) is 4.32. The number of halogens is 1. The molecule has 6 nitrogen and oxygen atoms in total. The predicted octanol–water partition coefficient (Wildman–Crippen LogP) is 3.66. The summed E-state index contributed by atoms with van der Waals surface area (Å²) in [4.78, 5) is 23.1. The molecule has 7 heteroatoms. The molecule has 0 atom stereocenters. The van der Waals surface area contributed by atoms with E-state index in [0.717, 1.165) is 43.1 Å². The molecule has 144 valence electrons. The molecule has 0 amide bonds. The summed E-state index contributed by atoms with van der Waals surface area (Å²) in [5.41, 5.74) is 1.23. The van der Waals surface area contributed by atoms with Crippen LogP contribution < -0.4 is 10.9 Å². The first-order valence-corrected chi connectivity index (χ1v) is 9.64. The molecule has 0 saturated heterocycles. The van der Waals surface area contributed by atoms with Crippen molar-refractivity contribution in [1.29, 1.82) is 0 Å². The van der Waals surface area contributed by atoms with E-state index >= 15 is 0 Å². The summed E-state index contributed by atoms with van der Waals surface area (Å²) in [6.45, 7) is 0.775. The van der Waals surface area contributed by atoms with Crippen molar-refractivity contribution in [1.82, 2.24) is 15.0 Å². The molecule has 0 radical (unpaired) electrons. The van der Waals surface area contributed by atoms with E-state index in [4.69, 9.17) is 4.98 Å². The third-order valence-electron chi connectivity index (χ3n) is 5.81. The zero-order valence-corrected chi connectivity index (χ0v) is 15.3. The molecular formula is C21H21FN4O2. The second-order valence-electron chi connectivity index (χ2n) is 7.65. The number of pyridine rings is 1. The van der Waals surface area contributed by atoms with Crippen LogP contribution in [0.25, 0.3) is 32.6 Å². The van der Waals surface area contributed by atoms with E-state index in [9.17, 15) is 14.3 Å². The summed E-state index contributed by atoms with van der Waals surface area (Å²) in [5.74, 6) is 0.760. The molecule has 1 saturated carbocycles. The molecule has 28 heavy (non-hydrogen) atoms. The summed E-state index contributed by atoms with van der Waals surface area (Å²) >= 11 is 0. The first kappa shape index (κ1) is 17.2. The number of nitrogens with one attached hydrogen (secondary N) is 3. The molecule has 0 spiro atoms. The Labute approximate surface area is 159 Å². The van der Waals surface area contributed by atoms with Crippen LogP contribution in [-0.2, 0) is 0 Å². The van der Waals surface area contributed by atoms with Crippen molar-refractivity contribution in [2.45, 2.75) is 31.8 Å². The summed E-state index contributed by atoms with van der Waals surface area (Å²) in [7, 11) is 0. The van der Waals surface area contributed by atoms with Gasteiger partial charge in [-0.15, -0.1) is 0 Å². The quantitative estimate of drug-likeness (QED) is 0.408. The first-order valence-electron chi connectivity index (χ1n) is 9.64. The van der Waals surface area contributed by atoms with E-state index in [1.807, 2.05) is 0 Å². The highest BCUT2D eigenvalue weighted by molar-refractivity contribution is 6.23. The van der Waals surface area contributed by atoms with Crippen molar-refractivity contribution in [2.75, 3.05) is 11.9 Å². The van der Waals surface area contributed by atoms with Gasteiger partial charge in [-0.05, 0) is 55.9 Å². The van der Waals surface area contributed by atoms with Gasteiger partial charge in [0.15, 0.2) is 0 Å². The number of aromatic nitrogens is 3. The van der Waals surface area contributed by atoms with E-state index in [-0.39, 0.29) is 17.5 Å². The Morgan fingerprint density at radius 1 is 1.14 bits per heavy atom. The van der Waals surface area contributed by atoms with Crippen LogP contribution in [0.3, 0.4) is 0 Å². The van der Waals surface area contributed by atoms with Gasteiger partial charge in [-0.1, -0.05) is 0 Å². The van der Waals surface area contributed by atoms with E-state index in [0.29, 0.717) is 33.5 Å². The van der Waals surface area contributed by atoms with Crippen LogP contribution in [0.1, 0.15) is 25.7 Å². The molecule has 1 aliphatic rings. The molecule has 4 aromatic rings. The number of anilines is 1. The van der Waals surface area contributed by atoms with Gasteiger partial charge in [-0.2, -0.15) is 0 Å². The molecule has 1 fully saturated rings. The third-order valence-corrected chi connectivity index (χ3v) is 5.81. The number of H-pyrrole nitrogens is 2. The largest absolute Gasteiger partial charge is 0.393 e. The first-order chi connectivity index (χ1) is 13.6. The molecule has 0 unspecified atom stereocenters. The van der Waals surface area contributed by atoms with Gasteiger partial charge in [0.2, 0.25) is 5.95 Å². The molecule has 0 aliphatic heterocycles. The number of fused-ring (bicyclic) bond motifs is 6. The highest BCUT2D eigenvalue weighted by Crippen LogP contribution is 2.33. The van der Waals surface area contributed by atoms with Gasteiger partial charge < -0.3 is 20.4 Å². The maximum absolute atomic E-state index is 13.9. The van der Waals surface area contributed by atoms with E-state index in [1.165, 1.54) is 12.1 Å². The lowest BCUT2D eigenvalue weighted by Gasteiger charge is -2.25. The van der Waals surface area contributed by atoms with Crippen molar-refractivity contribution in [3.05, 3.63) is 46.6 Å². The Balaban J connectivity index is 1.61. The van der Waals surface area contributed by atoms with Gasteiger partial charge in [-0.25, -0.2) is 9.37 Å². The Morgan fingerprint density at radius 2 is 1.96 bits per heavy atom. The van der Waals surface area contributed by atoms with Gasteiger partial charge in [0.05, 0.1) is 22.5 Å². The predicted molar refractivity (Wildman–Crippen MR) is 108 cm³/mol. The topological polar surface area (TPSA) is 93.8 Å². The minimum absolute atomic E-state index is 0.168. The molecule has 5 rings (SSSR count). The van der Waals surface area contributed by atoms with Gasteiger partial charge in [0.25, 0.3) is 5.56 Å². The highest BCUT2D eigenvalue weighted by atomic mass is 19.1.